The molecule has 1 saturated heterocycles. The molecule has 1 N–H and O–H groups in total. The third-order valence-electron chi connectivity index (χ3n) is 4.30. The highest BCUT2D eigenvalue weighted by molar-refractivity contribution is 7.99. The molecule has 0 spiro atoms. The molecule has 0 aliphatic carbocycles. The third-order valence-corrected chi connectivity index (χ3v) is 5.58. The molecule has 2 aromatic rings. The molecular formula is C20H20N2O6S. The molecule has 1 aliphatic rings. The van der Waals surface area contributed by atoms with E-state index in [1.807, 2.05) is 0 Å². The second-order valence-electron chi connectivity index (χ2n) is 6.43. The number of anilines is 1. The average molecular weight is 416 g/mol. The largest absolute Gasteiger partial charge is 0.466 e. The molecule has 2 atom stereocenters. The van der Waals surface area contributed by atoms with Crippen molar-refractivity contribution in [2.45, 2.75) is 25.3 Å². The standard InChI is InChI=1S/C20H20N2O6S/c1-12(23)21-15-7-5-14(6-8-15)17(25)10-28-20(26)16-11-29-19(22(16)13(2)24)18-4-3-9-27-18/h3-9,16,19H,10-11H2,1-2H3,(H,21,23)/t16-,19+/m0/s1. The van der Waals surface area contributed by atoms with E-state index in [2.05, 4.69) is 5.32 Å². The van der Waals surface area contributed by atoms with Crippen LogP contribution in [0.25, 0.3) is 0 Å². The maximum Gasteiger partial charge on any atom is 0.330 e. The highest BCUT2D eigenvalue weighted by atomic mass is 32.2. The van der Waals surface area contributed by atoms with Crippen molar-refractivity contribution in [3.05, 3.63) is 54.0 Å². The quantitative estimate of drug-likeness (QED) is 0.570. The van der Waals surface area contributed by atoms with E-state index in [1.54, 1.807) is 36.4 Å². The van der Waals surface area contributed by atoms with Gasteiger partial charge < -0.3 is 19.4 Å². The minimum Gasteiger partial charge on any atom is -0.466 e. The Kier molecular flexibility index (Phi) is 6.38. The number of nitrogens with one attached hydrogen (secondary N) is 1. The fourth-order valence-electron chi connectivity index (χ4n) is 2.98. The minimum absolute atomic E-state index is 0.213. The number of carbonyl (C=O) groups excluding carboxylic acids is 4. The molecule has 2 amide bonds. The van der Waals surface area contributed by atoms with E-state index >= 15 is 0 Å². The SMILES string of the molecule is CC(=O)Nc1ccc(C(=O)COC(=O)[C@@H]2CS[C@H](c3ccco3)N2C(C)=O)cc1. The normalized spacial score (nSPS) is 18.3. The van der Waals surface area contributed by atoms with Crippen LogP contribution in [0.15, 0.2) is 47.1 Å². The van der Waals surface area contributed by atoms with Crippen LogP contribution in [0, 0.1) is 0 Å². The van der Waals surface area contributed by atoms with E-state index in [-0.39, 0.29) is 17.6 Å². The molecule has 1 aromatic carbocycles. The summed E-state index contributed by atoms with van der Waals surface area (Å²) in [4.78, 5) is 49.4. The molecule has 29 heavy (non-hydrogen) atoms. The van der Waals surface area contributed by atoms with Gasteiger partial charge in [0.05, 0.1) is 6.26 Å². The van der Waals surface area contributed by atoms with Crippen molar-refractivity contribution < 1.29 is 28.3 Å². The maximum absolute atomic E-state index is 12.5. The number of Topliss-reactive ketones (excluding diaryl/α,β-unsaturated/α-hetero) is 1. The lowest BCUT2D eigenvalue weighted by atomic mass is 10.1. The molecular weight excluding hydrogens is 396 g/mol. The lowest BCUT2D eigenvalue weighted by Crippen LogP contribution is -2.43. The first-order chi connectivity index (χ1) is 13.9. The van der Waals surface area contributed by atoms with Crippen LogP contribution in [-0.2, 0) is 19.1 Å². The van der Waals surface area contributed by atoms with Crippen molar-refractivity contribution >= 4 is 41.0 Å². The zero-order chi connectivity index (χ0) is 21.0. The number of furan rings is 1. The van der Waals surface area contributed by atoms with Crippen LogP contribution in [-0.4, -0.2) is 46.9 Å². The van der Waals surface area contributed by atoms with Crippen molar-refractivity contribution in [3.8, 4) is 0 Å². The Morgan fingerprint density at radius 3 is 2.48 bits per heavy atom. The van der Waals surface area contributed by atoms with Crippen LogP contribution in [0.3, 0.4) is 0 Å². The summed E-state index contributed by atoms with van der Waals surface area (Å²) in [6.45, 7) is 2.33. The summed E-state index contributed by atoms with van der Waals surface area (Å²) in [7, 11) is 0. The number of amides is 2. The van der Waals surface area contributed by atoms with Crippen molar-refractivity contribution in [2.24, 2.45) is 0 Å². The van der Waals surface area contributed by atoms with Gasteiger partial charge in [0.15, 0.2) is 12.4 Å². The molecule has 1 aromatic heterocycles. The lowest BCUT2D eigenvalue weighted by Gasteiger charge is -2.25. The summed E-state index contributed by atoms with van der Waals surface area (Å²) in [5, 5.41) is 2.20. The van der Waals surface area contributed by atoms with Gasteiger partial charge in [-0.1, -0.05) is 0 Å². The summed E-state index contributed by atoms with van der Waals surface area (Å²) >= 11 is 1.40. The molecule has 0 saturated carbocycles. The zero-order valence-electron chi connectivity index (χ0n) is 15.9. The number of ether oxygens (including phenoxy) is 1. The van der Waals surface area contributed by atoms with E-state index in [1.165, 1.54) is 36.8 Å². The first-order valence-corrected chi connectivity index (χ1v) is 9.93. The van der Waals surface area contributed by atoms with Crippen molar-refractivity contribution in [1.82, 2.24) is 4.90 Å². The minimum atomic E-state index is -0.789. The highest BCUT2D eigenvalue weighted by Crippen LogP contribution is 2.41. The fourth-order valence-corrected chi connectivity index (χ4v) is 4.40. The van der Waals surface area contributed by atoms with Crippen molar-refractivity contribution in [2.75, 3.05) is 17.7 Å². The molecule has 2 heterocycles. The predicted octanol–water partition coefficient (Wildman–Crippen LogP) is 2.63. The Morgan fingerprint density at radius 1 is 1.17 bits per heavy atom. The topological polar surface area (TPSA) is 106 Å². The third kappa shape index (κ3) is 4.86. The molecule has 0 radical (unpaired) electrons. The predicted molar refractivity (Wildman–Crippen MR) is 106 cm³/mol. The molecule has 1 aliphatic heterocycles. The Morgan fingerprint density at radius 2 is 1.90 bits per heavy atom. The summed E-state index contributed by atoms with van der Waals surface area (Å²) in [5.41, 5.74) is 0.916. The van der Waals surface area contributed by atoms with E-state index in [4.69, 9.17) is 9.15 Å². The summed E-state index contributed by atoms with van der Waals surface area (Å²) < 4.78 is 10.6. The maximum atomic E-state index is 12.5. The monoisotopic (exact) mass is 416 g/mol. The van der Waals surface area contributed by atoms with Gasteiger partial charge in [-0.25, -0.2) is 4.79 Å². The van der Waals surface area contributed by atoms with Gasteiger partial charge in [-0.3, -0.25) is 14.4 Å². The van der Waals surface area contributed by atoms with Crippen LogP contribution >= 0.6 is 11.8 Å². The van der Waals surface area contributed by atoms with Crippen LogP contribution < -0.4 is 5.32 Å². The fraction of sp³-hybridized carbons (Fsp3) is 0.300. The van der Waals surface area contributed by atoms with Crippen LogP contribution in [0.5, 0.6) is 0 Å². The second kappa shape index (κ2) is 8.95. The van der Waals surface area contributed by atoms with Gasteiger partial charge in [-0.05, 0) is 36.4 Å². The number of carbonyl (C=O) groups is 4. The van der Waals surface area contributed by atoms with Crippen LogP contribution in [0.2, 0.25) is 0 Å². The first kappa shape index (κ1) is 20.7. The molecule has 1 fully saturated rings. The summed E-state index contributed by atoms with van der Waals surface area (Å²) in [5.74, 6) is -0.576. The number of ketones is 1. The summed E-state index contributed by atoms with van der Waals surface area (Å²) in [6, 6.07) is 8.95. The Balaban J connectivity index is 1.60. The highest BCUT2D eigenvalue weighted by Gasteiger charge is 2.43. The second-order valence-corrected chi connectivity index (χ2v) is 7.55. The molecule has 152 valence electrons. The smallest absolute Gasteiger partial charge is 0.330 e. The van der Waals surface area contributed by atoms with Crippen LogP contribution in [0.1, 0.15) is 35.3 Å². The molecule has 0 unspecified atom stereocenters. The molecule has 0 bridgehead atoms. The summed E-state index contributed by atoms with van der Waals surface area (Å²) in [6.07, 6.45) is 1.51. The van der Waals surface area contributed by atoms with Gasteiger partial charge in [0.2, 0.25) is 11.8 Å². The first-order valence-electron chi connectivity index (χ1n) is 8.88. The lowest BCUT2D eigenvalue weighted by molar-refractivity contribution is -0.152. The Hall–Kier alpha value is -3.07. The van der Waals surface area contributed by atoms with E-state index in [0.717, 1.165) is 0 Å². The number of esters is 1. The van der Waals surface area contributed by atoms with Gasteiger partial charge in [-0.2, -0.15) is 0 Å². The number of thioether (sulfide) groups is 1. The number of nitrogens with zero attached hydrogens (tertiary/aromatic N) is 1. The Labute approximate surface area is 171 Å². The van der Waals surface area contributed by atoms with Crippen LogP contribution in [0.4, 0.5) is 5.69 Å². The van der Waals surface area contributed by atoms with Crippen molar-refractivity contribution in [3.63, 3.8) is 0 Å². The van der Waals surface area contributed by atoms with E-state index in [0.29, 0.717) is 22.8 Å². The molecule has 8 nitrogen and oxygen atoms in total. The van der Waals surface area contributed by atoms with E-state index < -0.39 is 24.0 Å². The van der Waals surface area contributed by atoms with Crippen molar-refractivity contribution in [1.29, 1.82) is 0 Å². The van der Waals surface area contributed by atoms with Gasteiger partial charge in [-0.15, -0.1) is 11.8 Å². The number of benzene rings is 1. The van der Waals surface area contributed by atoms with Gasteiger partial charge in [0.1, 0.15) is 17.2 Å². The Bertz CT molecular complexity index is 910. The zero-order valence-corrected chi connectivity index (χ0v) is 16.7. The van der Waals surface area contributed by atoms with Gasteiger partial charge in [0, 0.05) is 30.9 Å². The van der Waals surface area contributed by atoms with Gasteiger partial charge >= 0.3 is 5.97 Å². The number of rotatable bonds is 6. The number of hydrogen-bond acceptors (Lipinski definition) is 7. The average Bonchev–Trinajstić information content (AvgIpc) is 3.35. The molecule has 9 heteroatoms. The molecule has 3 rings (SSSR count). The van der Waals surface area contributed by atoms with Gasteiger partial charge in [0.25, 0.3) is 0 Å². The van der Waals surface area contributed by atoms with E-state index in [9.17, 15) is 19.2 Å². The number of hydrogen-bond donors (Lipinski definition) is 1.